The van der Waals surface area contributed by atoms with Crippen LogP contribution in [0.3, 0.4) is 0 Å². The van der Waals surface area contributed by atoms with Gasteiger partial charge in [0, 0.05) is 19.5 Å². The van der Waals surface area contributed by atoms with E-state index in [0.29, 0.717) is 13.0 Å². The number of carbonyl (C=O) groups excluding carboxylic acids is 2. The fraction of sp³-hybridized carbons (Fsp3) is 0.875. The van der Waals surface area contributed by atoms with E-state index in [1.54, 1.807) is 0 Å². The van der Waals surface area contributed by atoms with Gasteiger partial charge in [-0.15, -0.1) is 0 Å². The van der Waals surface area contributed by atoms with E-state index < -0.39 is 5.54 Å². The van der Waals surface area contributed by atoms with Crippen LogP contribution in [0.1, 0.15) is 57.8 Å². The Morgan fingerprint density at radius 3 is 2.57 bits per heavy atom. The van der Waals surface area contributed by atoms with Crippen molar-refractivity contribution in [2.45, 2.75) is 63.3 Å². The molecule has 2 fully saturated rings. The number of carbonyl (C=O) groups is 2. The van der Waals surface area contributed by atoms with Crippen molar-refractivity contribution in [1.29, 1.82) is 0 Å². The van der Waals surface area contributed by atoms with Gasteiger partial charge >= 0.3 is 0 Å². The van der Waals surface area contributed by atoms with Crippen LogP contribution in [0.4, 0.5) is 0 Å². The van der Waals surface area contributed by atoms with E-state index >= 15 is 0 Å². The summed E-state index contributed by atoms with van der Waals surface area (Å²) < 4.78 is 0. The van der Waals surface area contributed by atoms with Gasteiger partial charge in [0.25, 0.3) is 0 Å². The molecule has 0 aromatic carbocycles. The molecule has 120 valence electrons. The van der Waals surface area contributed by atoms with E-state index in [-0.39, 0.29) is 11.8 Å². The maximum absolute atomic E-state index is 12.8. The molecule has 1 spiro atoms. The van der Waals surface area contributed by atoms with Crippen molar-refractivity contribution < 1.29 is 9.59 Å². The Hall–Kier alpha value is -0.710. The van der Waals surface area contributed by atoms with Crippen LogP contribution < -0.4 is 5.32 Å². The second-order valence-electron chi connectivity index (χ2n) is 6.29. The van der Waals surface area contributed by atoms with Gasteiger partial charge in [0.05, 0.1) is 0 Å². The Kier molecular flexibility index (Phi) is 6.40. The minimum atomic E-state index is -0.563. The van der Waals surface area contributed by atoms with E-state index in [4.69, 9.17) is 0 Å². The topological polar surface area (TPSA) is 49.4 Å². The second kappa shape index (κ2) is 8.06. The Bertz CT molecular complexity index is 367. The van der Waals surface area contributed by atoms with Crippen LogP contribution in [0.15, 0.2) is 0 Å². The van der Waals surface area contributed by atoms with Crippen LogP contribution in [-0.2, 0) is 9.59 Å². The summed E-state index contributed by atoms with van der Waals surface area (Å²) in [5, 5.41) is 3.02. The molecule has 1 saturated carbocycles. The van der Waals surface area contributed by atoms with E-state index in [2.05, 4.69) is 11.6 Å². The van der Waals surface area contributed by atoms with Gasteiger partial charge in [0.1, 0.15) is 5.54 Å². The normalized spacial score (nSPS) is 21.7. The number of hydrogen-bond donors (Lipinski definition) is 1. The molecular weight excluding hydrogens is 284 g/mol. The van der Waals surface area contributed by atoms with Gasteiger partial charge in [0.15, 0.2) is 0 Å². The smallest absolute Gasteiger partial charge is 0.248 e. The molecule has 1 heterocycles. The highest BCUT2D eigenvalue weighted by Crippen LogP contribution is 2.33. The van der Waals surface area contributed by atoms with Crippen LogP contribution >= 0.6 is 11.8 Å². The number of nitrogens with one attached hydrogen (secondary N) is 1. The van der Waals surface area contributed by atoms with Crippen LogP contribution in [0, 0.1) is 0 Å². The van der Waals surface area contributed by atoms with Crippen LogP contribution in [0.25, 0.3) is 0 Å². The highest BCUT2D eigenvalue weighted by Gasteiger charge is 2.46. The minimum absolute atomic E-state index is 0.0488. The highest BCUT2D eigenvalue weighted by molar-refractivity contribution is 7.98. The number of nitrogens with zero attached hydrogens (tertiary/aromatic N) is 1. The first-order valence-corrected chi connectivity index (χ1v) is 9.67. The molecule has 4 nitrogen and oxygen atoms in total. The third kappa shape index (κ3) is 4.38. The number of unbranched alkanes of at least 4 members (excludes halogenated alkanes) is 3. The monoisotopic (exact) mass is 312 g/mol. The Labute approximate surface area is 132 Å². The molecular formula is C16H28N2O2S. The maximum atomic E-state index is 12.8. The van der Waals surface area contributed by atoms with E-state index in [1.165, 1.54) is 25.0 Å². The summed E-state index contributed by atoms with van der Waals surface area (Å²) in [6, 6.07) is 0. The minimum Gasteiger partial charge on any atom is -0.342 e. The lowest BCUT2D eigenvalue weighted by molar-refractivity contribution is -0.138. The van der Waals surface area contributed by atoms with E-state index in [0.717, 1.165) is 38.6 Å². The van der Waals surface area contributed by atoms with Crippen molar-refractivity contribution in [3.05, 3.63) is 0 Å². The average Bonchev–Trinajstić information content (AvgIpc) is 2.90. The largest absolute Gasteiger partial charge is 0.342 e. The lowest BCUT2D eigenvalue weighted by Gasteiger charge is -2.31. The fourth-order valence-corrected chi connectivity index (χ4v) is 3.95. The maximum Gasteiger partial charge on any atom is 0.248 e. The predicted molar refractivity (Wildman–Crippen MR) is 87.4 cm³/mol. The highest BCUT2D eigenvalue weighted by atomic mass is 32.2. The Balaban J connectivity index is 1.83. The van der Waals surface area contributed by atoms with Gasteiger partial charge in [-0.2, -0.15) is 11.8 Å². The molecule has 0 unspecified atom stereocenters. The Morgan fingerprint density at radius 1 is 1.14 bits per heavy atom. The van der Waals surface area contributed by atoms with E-state index in [1.807, 2.05) is 16.7 Å². The van der Waals surface area contributed by atoms with Crippen molar-refractivity contribution in [3.8, 4) is 0 Å². The van der Waals surface area contributed by atoms with Crippen molar-refractivity contribution in [2.75, 3.05) is 25.1 Å². The van der Waals surface area contributed by atoms with Gasteiger partial charge in [0.2, 0.25) is 11.8 Å². The summed E-state index contributed by atoms with van der Waals surface area (Å²) in [5.74, 6) is 1.45. The molecule has 0 atom stereocenters. The second-order valence-corrected chi connectivity index (χ2v) is 7.27. The molecule has 2 aliphatic rings. The summed E-state index contributed by atoms with van der Waals surface area (Å²) in [7, 11) is 0. The Morgan fingerprint density at radius 2 is 1.86 bits per heavy atom. The molecule has 1 saturated heterocycles. The summed E-state index contributed by atoms with van der Waals surface area (Å²) >= 11 is 1.89. The zero-order valence-electron chi connectivity index (χ0n) is 13.2. The van der Waals surface area contributed by atoms with Crippen LogP contribution in [0.2, 0.25) is 0 Å². The summed E-state index contributed by atoms with van der Waals surface area (Å²) in [5.41, 5.74) is -0.563. The standard InChI is InChI=1S/C16H28N2O2S/c1-21-13-7-3-2-6-11-18-12-8-14(19)17-16(15(18)20)9-4-5-10-16/h2-13H2,1H3,(H,17,19). The van der Waals surface area contributed by atoms with Gasteiger partial charge in [-0.3, -0.25) is 9.59 Å². The molecule has 2 rings (SSSR count). The van der Waals surface area contributed by atoms with Crippen molar-refractivity contribution in [2.24, 2.45) is 0 Å². The number of thioether (sulfide) groups is 1. The van der Waals surface area contributed by atoms with Crippen molar-refractivity contribution in [1.82, 2.24) is 10.2 Å². The molecule has 1 aliphatic carbocycles. The summed E-state index contributed by atoms with van der Waals surface area (Å²) in [6.45, 7) is 1.41. The number of amides is 2. The molecule has 1 aliphatic heterocycles. The fourth-order valence-electron chi connectivity index (χ4n) is 3.46. The van der Waals surface area contributed by atoms with Gasteiger partial charge in [-0.1, -0.05) is 25.7 Å². The zero-order chi connectivity index (χ0) is 15.1. The van der Waals surface area contributed by atoms with Crippen LogP contribution in [-0.4, -0.2) is 47.4 Å². The summed E-state index contributed by atoms with van der Waals surface area (Å²) in [6.07, 6.45) is 11.1. The molecule has 21 heavy (non-hydrogen) atoms. The number of rotatable bonds is 7. The predicted octanol–water partition coefficient (Wildman–Crippen LogP) is 2.57. The van der Waals surface area contributed by atoms with E-state index in [9.17, 15) is 9.59 Å². The van der Waals surface area contributed by atoms with Gasteiger partial charge in [-0.05, 0) is 37.7 Å². The first-order valence-electron chi connectivity index (χ1n) is 8.27. The molecule has 0 aromatic heterocycles. The third-order valence-corrected chi connectivity index (χ3v) is 5.36. The SMILES string of the molecule is CSCCCCCCN1CCC(=O)NC2(CCCC2)C1=O. The third-order valence-electron chi connectivity index (χ3n) is 4.67. The molecule has 5 heteroatoms. The lowest BCUT2D eigenvalue weighted by Crippen LogP contribution is -2.55. The van der Waals surface area contributed by atoms with Gasteiger partial charge in [-0.25, -0.2) is 0 Å². The first kappa shape index (κ1) is 16.7. The zero-order valence-corrected chi connectivity index (χ0v) is 14.0. The van der Waals surface area contributed by atoms with Crippen LogP contribution in [0.5, 0.6) is 0 Å². The van der Waals surface area contributed by atoms with Gasteiger partial charge < -0.3 is 10.2 Å². The molecule has 0 bridgehead atoms. The lowest BCUT2D eigenvalue weighted by atomic mass is 9.95. The molecule has 0 aromatic rings. The van der Waals surface area contributed by atoms with Crippen molar-refractivity contribution in [3.63, 3.8) is 0 Å². The van der Waals surface area contributed by atoms with Crippen molar-refractivity contribution >= 4 is 23.6 Å². The molecule has 1 N–H and O–H groups in total. The summed E-state index contributed by atoms with van der Waals surface area (Å²) in [4.78, 5) is 26.6. The molecule has 2 amide bonds. The average molecular weight is 312 g/mol. The first-order chi connectivity index (χ1) is 10.2. The molecule has 0 radical (unpaired) electrons. The quantitative estimate of drug-likeness (QED) is 0.735. The number of hydrogen-bond acceptors (Lipinski definition) is 3.